The van der Waals surface area contributed by atoms with Gasteiger partial charge in [-0.05, 0) is 26.3 Å². The van der Waals surface area contributed by atoms with Crippen LogP contribution in [0.25, 0.3) is 11.3 Å². The van der Waals surface area contributed by atoms with Gasteiger partial charge in [0, 0.05) is 10.9 Å². The van der Waals surface area contributed by atoms with Crippen molar-refractivity contribution >= 4 is 22.4 Å². The SMILES string of the molecule is Cc1ccccc1-c1csc(NC(=O)C(C)(C)C#N)n1. The molecule has 1 aromatic heterocycles. The molecule has 0 bridgehead atoms. The Morgan fingerprint density at radius 2 is 2.10 bits per heavy atom. The fourth-order valence-electron chi connectivity index (χ4n) is 1.62. The third-order valence-electron chi connectivity index (χ3n) is 2.99. The Hall–Kier alpha value is -2.19. The lowest BCUT2D eigenvalue weighted by atomic mass is 9.95. The largest absolute Gasteiger partial charge is 0.301 e. The van der Waals surface area contributed by atoms with Gasteiger partial charge in [0.05, 0.1) is 11.8 Å². The predicted octanol–water partition coefficient (Wildman–Crippen LogP) is 3.61. The number of carbonyl (C=O) groups excluding carboxylic acids is 1. The number of hydrogen-bond donors (Lipinski definition) is 1. The van der Waals surface area contributed by atoms with Gasteiger partial charge in [-0.1, -0.05) is 24.3 Å². The van der Waals surface area contributed by atoms with Gasteiger partial charge in [0.2, 0.25) is 5.91 Å². The van der Waals surface area contributed by atoms with Crippen LogP contribution < -0.4 is 5.32 Å². The molecule has 0 aliphatic carbocycles. The van der Waals surface area contributed by atoms with Gasteiger partial charge >= 0.3 is 0 Å². The number of anilines is 1. The summed E-state index contributed by atoms with van der Waals surface area (Å²) >= 11 is 1.36. The molecule has 0 aliphatic rings. The number of aromatic nitrogens is 1. The van der Waals surface area contributed by atoms with Crippen LogP contribution in [0.4, 0.5) is 5.13 Å². The molecule has 0 saturated heterocycles. The molecular weight excluding hydrogens is 270 g/mol. The molecule has 1 heterocycles. The number of benzene rings is 1. The summed E-state index contributed by atoms with van der Waals surface area (Å²) in [5.74, 6) is -0.342. The molecule has 0 fully saturated rings. The summed E-state index contributed by atoms with van der Waals surface area (Å²) in [7, 11) is 0. The highest BCUT2D eigenvalue weighted by atomic mass is 32.1. The van der Waals surface area contributed by atoms with Crippen molar-refractivity contribution in [1.29, 1.82) is 5.26 Å². The average Bonchev–Trinajstić information content (AvgIpc) is 2.87. The lowest BCUT2D eigenvalue weighted by molar-refractivity contribution is -0.121. The number of hydrogen-bond acceptors (Lipinski definition) is 4. The molecule has 2 aromatic rings. The number of nitrogens with one attached hydrogen (secondary N) is 1. The number of rotatable bonds is 3. The Kier molecular flexibility index (Phi) is 3.86. The average molecular weight is 285 g/mol. The maximum Gasteiger partial charge on any atom is 0.246 e. The highest BCUT2D eigenvalue weighted by Crippen LogP contribution is 2.28. The van der Waals surface area contributed by atoms with E-state index in [2.05, 4.69) is 10.3 Å². The van der Waals surface area contributed by atoms with Crippen LogP contribution in [0.3, 0.4) is 0 Å². The first-order valence-electron chi connectivity index (χ1n) is 6.18. The maximum atomic E-state index is 11.9. The van der Waals surface area contributed by atoms with Crippen LogP contribution in [0.1, 0.15) is 19.4 Å². The van der Waals surface area contributed by atoms with Crippen molar-refractivity contribution < 1.29 is 4.79 Å². The number of nitrogens with zero attached hydrogens (tertiary/aromatic N) is 2. The molecule has 102 valence electrons. The fraction of sp³-hybridized carbons (Fsp3) is 0.267. The van der Waals surface area contributed by atoms with E-state index < -0.39 is 5.41 Å². The van der Waals surface area contributed by atoms with E-state index in [9.17, 15) is 4.79 Å². The van der Waals surface area contributed by atoms with Gasteiger partial charge in [0.1, 0.15) is 5.41 Å². The van der Waals surface area contributed by atoms with Crippen LogP contribution in [0, 0.1) is 23.7 Å². The van der Waals surface area contributed by atoms with Crippen LogP contribution >= 0.6 is 11.3 Å². The Morgan fingerprint density at radius 1 is 1.40 bits per heavy atom. The van der Waals surface area contributed by atoms with Gasteiger partial charge in [0.25, 0.3) is 0 Å². The zero-order valence-corrected chi connectivity index (χ0v) is 12.4. The lowest BCUT2D eigenvalue weighted by Gasteiger charge is -2.12. The first-order chi connectivity index (χ1) is 9.44. The molecule has 4 nitrogen and oxygen atoms in total. The quantitative estimate of drug-likeness (QED) is 0.936. The minimum Gasteiger partial charge on any atom is -0.301 e. The minimum absolute atomic E-state index is 0.342. The lowest BCUT2D eigenvalue weighted by Crippen LogP contribution is -2.29. The number of amides is 1. The molecule has 0 aliphatic heterocycles. The van der Waals surface area contributed by atoms with E-state index >= 15 is 0 Å². The van der Waals surface area contributed by atoms with Crippen molar-refractivity contribution in [2.45, 2.75) is 20.8 Å². The van der Waals surface area contributed by atoms with Crippen LogP contribution in [-0.4, -0.2) is 10.9 Å². The molecular formula is C15H15N3OS. The third kappa shape index (κ3) is 2.86. The Balaban J connectivity index is 2.21. The van der Waals surface area contributed by atoms with Crippen LogP contribution in [0.2, 0.25) is 0 Å². The van der Waals surface area contributed by atoms with E-state index in [-0.39, 0.29) is 5.91 Å². The molecule has 0 unspecified atom stereocenters. The summed E-state index contributed by atoms with van der Waals surface area (Å²) < 4.78 is 0. The number of nitriles is 1. The normalized spacial score (nSPS) is 10.9. The molecule has 0 spiro atoms. The first-order valence-corrected chi connectivity index (χ1v) is 7.06. The van der Waals surface area contributed by atoms with Gasteiger partial charge in [0.15, 0.2) is 5.13 Å². The molecule has 1 amide bonds. The Bertz CT molecular complexity index is 682. The standard InChI is InChI=1S/C15H15N3OS/c1-10-6-4-5-7-11(10)12-8-20-14(17-12)18-13(19)15(2,3)9-16/h4-8H,1-3H3,(H,17,18,19). The summed E-state index contributed by atoms with van der Waals surface area (Å²) in [6, 6.07) is 9.92. The monoisotopic (exact) mass is 285 g/mol. The van der Waals surface area contributed by atoms with Crippen LogP contribution in [0.15, 0.2) is 29.6 Å². The first kappa shape index (κ1) is 14.2. The number of thiazole rings is 1. The van der Waals surface area contributed by atoms with E-state index in [1.54, 1.807) is 13.8 Å². The zero-order chi connectivity index (χ0) is 14.8. The van der Waals surface area contributed by atoms with Crippen molar-refractivity contribution in [2.24, 2.45) is 5.41 Å². The molecule has 1 N–H and O–H groups in total. The van der Waals surface area contributed by atoms with Crippen molar-refractivity contribution in [2.75, 3.05) is 5.32 Å². The number of carbonyl (C=O) groups is 1. The van der Waals surface area contributed by atoms with E-state index in [0.717, 1.165) is 16.8 Å². The summed E-state index contributed by atoms with van der Waals surface area (Å²) in [4.78, 5) is 16.3. The number of aryl methyl sites for hydroxylation is 1. The molecule has 1 aromatic carbocycles. The van der Waals surface area contributed by atoms with E-state index in [0.29, 0.717) is 5.13 Å². The van der Waals surface area contributed by atoms with Crippen molar-refractivity contribution in [1.82, 2.24) is 4.98 Å². The molecule has 0 saturated carbocycles. The van der Waals surface area contributed by atoms with Crippen LogP contribution in [0.5, 0.6) is 0 Å². The van der Waals surface area contributed by atoms with Gasteiger partial charge in [-0.2, -0.15) is 5.26 Å². The molecule has 0 atom stereocenters. The third-order valence-corrected chi connectivity index (χ3v) is 3.75. The van der Waals surface area contributed by atoms with Crippen molar-refractivity contribution in [3.05, 3.63) is 35.2 Å². The highest BCUT2D eigenvalue weighted by Gasteiger charge is 2.27. The fourth-order valence-corrected chi connectivity index (χ4v) is 2.32. The van der Waals surface area contributed by atoms with Gasteiger partial charge in [-0.15, -0.1) is 11.3 Å². The summed E-state index contributed by atoms with van der Waals surface area (Å²) in [6.45, 7) is 5.18. The van der Waals surface area contributed by atoms with Gasteiger partial charge in [-0.25, -0.2) is 4.98 Å². The Morgan fingerprint density at radius 3 is 2.75 bits per heavy atom. The van der Waals surface area contributed by atoms with E-state index in [4.69, 9.17) is 5.26 Å². The highest BCUT2D eigenvalue weighted by molar-refractivity contribution is 7.14. The minimum atomic E-state index is -1.06. The molecule has 0 radical (unpaired) electrons. The smallest absolute Gasteiger partial charge is 0.246 e. The summed E-state index contributed by atoms with van der Waals surface area (Å²) in [5.41, 5.74) is 1.95. The summed E-state index contributed by atoms with van der Waals surface area (Å²) in [6.07, 6.45) is 0. The van der Waals surface area contributed by atoms with Crippen LogP contribution in [-0.2, 0) is 4.79 Å². The second-order valence-electron chi connectivity index (χ2n) is 5.04. The maximum absolute atomic E-state index is 11.9. The second-order valence-corrected chi connectivity index (χ2v) is 5.90. The zero-order valence-electron chi connectivity index (χ0n) is 11.6. The van der Waals surface area contributed by atoms with Gasteiger partial charge < -0.3 is 5.32 Å². The van der Waals surface area contributed by atoms with Crippen molar-refractivity contribution in [3.8, 4) is 17.3 Å². The second kappa shape index (κ2) is 5.43. The predicted molar refractivity (Wildman–Crippen MR) is 80.3 cm³/mol. The van der Waals surface area contributed by atoms with Crippen molar-refractivity contribution in [3.63, 3.8) is 0 Å². The van der Waals surface area contributed by atoms with Gasteiger partial charge in [-0.3, -0.25) is 4.79 Å². The Labute approximate surface area is 122 Å². The molecule has 5 heteroatoms. The molecule has 2 rings (SSSR count). The molecule has 20 heavy (non-hydrogen) atoms. The van der Waals surface area contributed by atoms with E-state index in [1.165, 1.54) is 11.3 Å². The van der Waals surface area contributed by atoms with E-state index in [1.807, 2.05) is 42.6 Å². The topological polar surface area (TPSA) is 65.8 Å². The summed E-state index contributed by atoms with van der Waals surface area (Å²) in [5, 5.41) is 14.0.